The number of ether oxygens (including phenoxy) is 3. The van der Waals surface area contributed by atoms with E-state index in [4.69, 9.17) is 38.0 Å². The lowest BCUT2D eigenvalue weighted by Crippen LogP contribution is -2.34. The third-order valence-electron chi connectivity index (χ3n) is 5.40. The molecular formula is C23H23ClN4O4. The quantitative estimate of drug-likeness (QED) is 0.248. The van der Waals surface area contributed by atoms with Crippen molar-refractivity contribution in [3.05, 3.63) is 53.4 Å². The van der Waals surface area contributed by atoms with Gasteiger partial charge >= 0.3 is 6.16 Å². The summed E-state index contributed by atoms with van der Waals surface area (Å²) in [5, 5.41) is 0.723. The first-order chi connectivity index (χ1) is 15.5. The molecule has 0 radical (unpaired) electrons. The summed E-state index contributed by atoms with van der Waals surface area (Å²) in [7, 11) is 0. The number of halogens is 1. The molecule has 0 unspecified atom stereocenters. The number of nitrogen functional groups attached to an aromatic ring is 1. The Labute approximate surface area is 190 Å². The number of fused-ring (bicyclic) bond motifs is 1. The summed E-state index contributed by atoms with van der Waals surface area (Å²) in [6.45, 7) is 0.159. The van der Waals surface area contributed by atoms with Crippen LogP contribution < -0.4 is 5.73 Å². The summed E-state index contributed by atoms with van der Waals surface area (Å²) < 4.78 is 18.3. The minimum atomic E-state index is -1.05. The topological polar surface area (TPSA) is 101 Å². The highest BCUT2D eigenvalue weighted by atomic mass is 35.5. The van der Waals surface area contributed by atoms with Gasteiger partial charge in [0, 0.05) is 6.20 Å². The van der Waals surface area contributed by atoms with Crippen LogP contribution in [0.4, 0.5) is 10.6 Å². The van der Waals surface area contributed by atoms with Crippen LogP contribution in [0.1, 0.15) is 31.1 Å². The molecule has 3 heterocycles. The Hall–Kier alpha value is -3.28. The lowest BCUT2D eigenvalue weighted by atomic mass is 10.0. The van der Waals surface area contributed by atoms with E-state index in [0.29, 0.717) is 36.1 Å². The van der Waals surface area contributed by atoms with E-state index >= 15 is 0 Å². The molecule has 4 rings (SSSR count). The molecule has 1 aliphatic heterocycles. The second-order valence-electron chi connectivity index (χ2n) is 7.56. The number of carbonyl (C=O) groups excluding carboxylic acids is 1. The number of benzene rings is 1. The Balaban J connectivity index is 1.30. The Kier molecular flexibility index (Phi) is 6.49. The summed E-state index contributed by atoms with van der Waals surface area (Å²) in [6.07, 6.45) is 8.98. The molecule has 2 N–H and O–H groups in total. The van der Waals surface area contributed by atoms with Gasteiger partial charge in [-0.3, -0.25) is 0 Å². The van der Waals surface area contributed by atoms with Crippen LogP contribution in [-0.4, -0.2) is 39.5 Å². The highest BCUT2D eigenvalue weighted by Crippen LogP contribution is 2.38. The summed E-state index contributed by atoms with van der Waals surface area (Å²) in [6, 6.07) is 11.8. The van der Waals surface area contributed by atoms with E-state index in [1.54, 1.807) is 16.8 Å². The maximum atomic E-state index is 12.0. The molecule has 1 aromatic carbocycles. The van der Waals surface area contributed by atoms with Gasteiger partial charge in [0.1, 0.15) is 24.3 Å². The van der Waals surface area contributed by atoms with Crippen molar-refractivity contribution in [2.45, 2.75) is 37.5 Å². The summed E-state index contributed by atoms with van der Waals surface area (Å²) in [5.41, 5.74) is 6.61. The fraction of sp³-hybridized carbons (Fsp3) is 0.348. The smallest absolute Gasteiger partial charge is 0.434 e. The second kappa shape index (κ2) is 9.47. The third-order valence-corrected chi connectivity index (χ3v) is 5.57. The van der Waals surface area contributed by atoms with Gasteiger partial charge in [-0.1, -0.05) is 36.3 Å². The average molecular weight is 455 g/mol. The van der Waals surface area contributed by atoms with Crippen molar-refractivity contribution < 1.29 is 19.0 Å². The first-order valence-corrected chi connectivity index (χ1v) is 10.7. The molecule has 1 aliphatic rings. The Morgan fingerprint density at radius 3 is 2.91 bits per heavy atom. The van der Waals surface area contributed by atoms with E-state index in [2.05, 4.69) is 15.9 Å². The molecule has 8 nitrogen and oxygen atoms in total. The molecule has 0 saturated carbocycles. The van der Waals surface area contributed by atoms with E-state index < -0.39 is 18.0 Å². The average Bonchev–Trinajstić information content (AvgIpc) is 3.41. The first kappa shape index (κ1) is 21.9. The van der Waals surface area contributed by atoms with E-state index in [-0.39, 0.29) is 18.5 Å². The van der Waals surface area contributed by atoms with Crippen LogP contribution in [0.2, 0.25) is 5.28 Å². The van der Waals surface area contributed by atoms with Crippen molar-refractivity contribution in [2.24, 2.45) is 0 Å². The van der Waals surface area contributed by atoms with Gasteiger partial charge in [-0.25, -0.2) is 9.78 Å². The number of anilines is 1. The lowest BCUT2D eigenvalue weighted by Gasteiger charge is -2.23. The number of hydrogen-bond acceptors (Lipinski definition) is 7. The number of aromatic nitrogens is 3. The molecule has 0 aliphatic carbocycles. The van der Waals surface area contributed by atoms with Gasteiger partial charge < -0.3 is 24.5 Å². The molecule has 0 amide bonds. The maximum absolute atomic E-state index is 12.0. The number of nitrogens with zero attached hydrogens (tertiary/aromatic N) is 3. The summed E-state index contributed by atoms with van der Waals surface area (Å²) >= 11 is 5.95. The number of carbonyl (C=O) groups is 1. The van der Waals surface area contributed by atoms with Gasteiger partial charge in [0.15, 0.2) is 5.60 Å². The fourth-order valence-corrected chi connectivity index (χ4v) is 3.91. The predicted octanol–water partition coefficient (Wildman–Crippen LogP) is 4.13. The van der Waals surface area contributed by atoms with Crippen LogP contribution in [0.3, 0.4) is 0 Å². The van der Waals surface area contributed by atoms with Crippen LogP contribution in [0.5, 0.6) is 0 Å². The second-order valence-corrected chi connectivity index (χ2v) is 7.90. The molecule has 32 heavy (non-hydrogen) atoms. The lowest BCUT2D eigenvalue weighted by molar-refractivity contribution is -0.0730. The number of terminal acetylenes is 1. The van der Waals surface area contributed by atoms with Crippen molar-refractivity contribution in [2.75, 3.05) is 18.9 Å². The van der Waals surface area contributed by atoms with Gasteiger partial charge in [0.25, 0.3) is 0 Å². The number of hydrogen-bond donors (Lipinski definition) is 1. The van der Waals surface area contributed by atoms with Crippen molar-refractivity contribution in [3.8, 4) is 12.3 Å². The van der Waals surface area contributed by atoms with Crippen LogP contribution >= 0.6 is 11.6 Å². The Morgan fingerprint density at radius 1 is 1.31 bits per heavy atom. The van der Waals surface area contributed by atoms with Crippen molar-refractivity contribution in [1.82, 2.24) is 14.5 Å². The van der Waals surface area contributed by atoms with E-state index in [1.165, 1.54) is 5.56 Å². The predicted molar refractivity (Wildman–Crippen MR) is 120 cm³/mol. The number of nitrogens with two attached hydrogens (primary N) is 1. The van der Waals surface area contributed by atoms with E-state index in [0.717, 1.165) is 6.42 Å². The normalized spacial score (nSPS) is 20.2. The molecule has 2 atom stereocenters. The van der Waals surface area contributed by atoms with Crippen LogP contribution in [-0.2, 0) is 20.6 Å². The fourth-order valence-electron chi connectivity index (χ4n) is 3.74. The maximum Gasteiger partial charge on any atom is 0.508 e. The standard InChI is InChI=1S/C23H23ClN4O4/c1-2-23(15-31-22(29)30-14-6-9-16-7-4-3-5-8-16)12-10-18(32-23)28-13-11-17-19(25)26-21(24)27-20(17)28/h1,3-5,7-8,11,13,18H,6,9-10,12,14-15H2,(H2,25,26,27)/t18-,23+/m1/s1. The minimum absolute atomic E-state index is 0.0505. The third kappa shape index (κ3) is 4.79. The monoisotopic (exact) mass is 454 g/mol. The summed E-state index contributed by atoms with van der Waals surface area (Å²) in [4.78, 5) is 20.2. The zero-order valence-corrected chi connectivity index (χ0v) is 18.1. The van der Waals surface area contributed by atoms with E-state index in [9.17, 15) is 4.79 Å². The van der Waals surface area contributed by atoms with E-state index in [1.807, 2.05) is 30.3 Å². The van der Waals surface area contributed by atoms with Crippen molar-refractivity contribution in [1.29, 1.82) is 0 Å². The highest BCUT2D eigenvalue weighted by molar-refractivity contribution is 6.28. The van der Waals surface area contributed by atoms with Gasteiger partial charge in [0.2, 0.25) is 5.28 Å². The van der Waals surface area contributed by atoms with Crippen LogP contribution in [0.15, 0.2) is 42.6 Å². The Morgan fingerprint density at radius 2 is 2.12 bits per heavy atom. The summed E-state index contributed by atoms with van der Waals surface area (Å²) in [5.74, 6) is 2.92. The molecular weight excluding hydrogens is 432 g/mol. The van der Waals surface area contributed by atoms with Gasteiger partial charge in [0.05, 0.1) is 12.0 Å². The minimum Gasteiger partial charge on any atom is -0.434 e. The molecule has 9 heteroatoms. The molecule has 0 bridgehead atoms. The molecule has 1 saturated heterocycles. The molecule has 3 aromatic rings. The largest absolute Gasteiger partial charge is 0.508 e. The molecule has 2 aromatic heterocycles. The van der Waals surface area contributed by atoms with Gasteiger partial charge in [-0.15, -0.1) is 6.42 Å². The molecule has 166 valence electrons. The zero-order chi connectivity index (χ0) is 22.6. The zero-order valence-electron chi connectivity index (χ0n) is 17.4. The van der Waals surface area contributed by atoms with Crippen LogP contribution in [0, 0.1) is 12.3 Å². The Bertz CT molecular complexity index is 1140. The van der Waals surface area contributed by atoms with Crippen molar-refractivity contribution in [3.63, 3.8) is 0 Å². The van der Waals surface area contributed by atoms with Crippen molar-refractivity contribution >= 4 is 34.6 Å². The number of aryl methyl sites for hydroxylation is 1. The number of rotatable bonds is 7. The molecule has 0 spiro atoms. The highest BCUT2D eigenvalue weighted by Gasteiger charge is 2.41. The van der Waals surface area contributed by atoms with Crippen LogP contribution in [0.25, 0.3) is 11.0 Å². The van der Waals surface area contributed by atoms with Gasteiger partial charge in [-0.2, -0.15) is 4.98 Å². The van der Waals surface area contributed by atoms with Gasteiger partial charge in [-0.05, 0) is 48.9 Å². The SMILES string of the molecule is C#C[C@@]1(COC(=O)OCCCc2ccccc2)CC[C@H](n2ccc3c(N)nc(Cl)nc32)O1. The first-order valence-electron chi connectivity index (χ1n) is 10.3. The molecule has 1 fully saturated rings.